The number of allylic oxidation sites excluding steroid dienone is 3. The number of aromatic nitrogens is 1. The van der Waals surface area contributed by atoms with Gasteiger partial charge in [-0.1, -0.05) is 43.4 Å². The summed E-state index contributed by atoms with van der Waals surface area (Å²) in [6.07, 6.45) is 10.7. The minimum Gasteiger partial charge on any atom is -0.489 e. The second kappa shape index (κ2) is 12.2. The van der Waals surface area contributed by atoms with E-state index in [-0.39, 0.29) is 11.3 Å². The molecular formula is C26H38N2O3. The predicted molar refractivity (Wildman–Crippen MR) is 131 cm³/mol. The first-order valence-corrected chi connectivity index (χ1v) is 11.3. The maximum absolute atomic E-state index is 13.1. The van der Waals surface area contributed by atoms with Gasteiger partial charge in [-0.3, -0.25) is 4.79 Å². The number of hydrogen-bond acceptors (Lipinski definition) is 4. The number of aryl methyl sites for hydroxylation is 1. The monoisotopic (exact) mass is 426 g/mol. The fourth-order valence-electron chi connectivity index (χ4n) is 3.43. The van der Waals surface area contributed by atoms with Gasteiger partial charge in [-0.15, -0.1) is 0 Å². The SMILES string of the molecule is CCCCCCOc1c(OC/C=C(\C)CCC=C(C)C)c(=O)n(C)c2cc(N)ccc12. The van der Waals surface area contributed by atoms with E-state index in [4.69, 9.17) is 15.2 Å². The van der Waals surface area contributed by atoms with Crippen molar-refractivity contribution in [1.82, 2.24) is 4.57 Å². The summed E-state index contributed by atoms with van der Waals surface area (Å²) in [5.74, 6) is 0.786. The van der Waals surface area contributed by atoms with Gasteiger partial charge in [0.15, 0.2) is 5.75 Å². The Kier molecular flexibility index (Phi) is 9.70. The largest absolute Gasteiger partial charge is 0.489 e. The average Bonchev–Trinajstić information content (AvgIpc) is 2.72. The van der Waals surface area contributed by atoms with Crippen molar-refractivity contribution in [3.63, 3.8) is 0 Å². The first-order valence-electron chi connectivity index (χ1n) is 11.3. The van der Waals surface area contributed by atoms with Gasteiger partial charge in [0.1, 0.15) is 6.61 Å². The molecular weight excluding hydrogens is 388 g/mol. The van der Waals surface area contributed by atoms with Crippen LogP contribution in [-0.2, 0) is 7.05 Å². The number of rotatable bonds is 12. The highest BCUT2D eigenvalue weighted by Crippen LogP contribution is 2.33. The lowest BCUT2D eigenvalue weighted by Crippen LogP contribution is -2.21. The third-order valence-corrected chi connectivity index (χ3v) is 5.33. The van der Waals surface area contributed by atoms with E-state index in [1.54, 1.807) is 17.7 Å². The molecule has 0 atom stereocenters. The van der Waals surface area contributed by atoms with Crippen molar-refractivity contribution in [2.45, 2.75) is 66.2 Å². The number of nitrogens with two attached hydrogens (primary N) is 1. The summed E-state index contributed by atoms with van der Waals surface area (Å²) in [6, 6.07) is 5.53. The van der Waals surface area contributed by atoms with Gasteiger partial charge < -0.3 is 19.8 Å². The minimum absolute atomic E-state index is 0.211. The molecule has 0 aliphatic heterocycles. The standard InChI is InChI=1S/C26H38N2O3/c1-6-7-8-9-16-30-24-22-14-13-21(27)18-23(22)28(5)26(29)25(24)31-17-15-20(4)12-10-11-19(2)3/h11,13-15,18H,6-10,12,16-17,27H2,1-5H3/b20-15+. The van der Waals surface area contributed by atoms with E-state index in [2.05, 4.69) is 33.8 Å². The first kappa shape index (κ1) is 24.6. The number of benzene rings is 1. The molecule has 0 amide bonds. The molecule has 5 heteroatoms. The number of ether oxygens (including phenoxy) is 2. The molecule has 0 aliphatic rings. The summed E-state index contributed by atoms with van der Waals surface area (Å²) in [7, 11) is 1.74. The molecule has 2 N–H and O–H groups in total. The first-order chi connectivity index (χ1) is 14.8. The molecule has 0 aliphatic carbocycles. The van der Waals surface area contributed by atoms with Crippen LogP contribution >= 0.6 is 0 Å². The van der Waals surface area contributed by atoms with Gasteiger partial charge in [-0.25, -0.2) is 0 Å². The number of hydrogen-bond donors (Lipinski definition) is 1. The smallest absolute Gasteiger partial charge is 0.297 e. The summed E-state index contributed by atoms with van der Waals surface area (Å²) >= 11 is 0. The molecule has 0 saturated carbocycles. The highest BCUT2D eigenvalue weighted by Gasteiger charge is 2.18. The minimum atomic E-state index is -0.211. The lowest BCUT2D eigenvalue weighted by molar-refractivity contribution is 0.276. The normalized spacial score (nSPS) is 11.6. The van der Waals surface area contributed by atoms with Gasteiger partial charge in [0.25, 0.3) is 5.56 Å². The van der Waals surface area contributed by atoms with Gasteiger partial charge in [-0.2, -0.15) is 0 Å². The third kappa shape index (κ3) is 7.20. The van der Waals surface area contributed by atoms with E-state index in [9.17, 15) is 4.79 Å². The van der Waals surface area contributed by atoms with Crippen molar-refractivity contribution >= 4 is 16.6 Å². The Labute approximate surface area is 186 Å². The molecule has 0 unspecified atom stereocenters. The predicted octanol–water partition coefficient (Wildman–Crippen LogP) is 6.15. The fourth-order valence-corrected chi connectivity index (χ4v) is 3.43. The van der Waals surface area contributed by atoms with Crippen LogP contribution in [0.3, 0.4) is 0 Å². The highest BCUT2D eigenvalue weighted by atomic mass is 16.5. The zero-order chi connectivity index (χ0) is 22.8. The molecule has 0 saturated heterocycles. The molecule has 0 fully saturated rings. The second-order valence-corrected chi connectivity index (χ2v) is 8.39. The summed E-state index contributed by atoms with van der Waals surface area (Å²) in [6.45, 7) is 9.38. The average molecular weight is 427 g/mol. The number of unbranched alkanes of at least 4 members (excludes halogenated alkanes) is 3. The molecule has 1 aromatic heterocycles. The van der Waals surface area contributed by atoms with E-state index in [0.717, 1.165) is 36.6 Å². The maximum Gasteiger partial charge on any atom is 0.297 e. The van der Waals surface area contributed by atoms with Crippen LogP contribution in [0.15, 0.2) is 46.3 Å². The highest BCUT2D eigenvalue weighted by molar-refractivity contribution is 5.90. The number of fused-ring (bicyclic) bond motifs is 1. The Morgan fingerprint density at radius 1 is 1.06 bits per heavy atom. The van der Waals surface area contributed by atoms with E-state index in [1.807, 2.05) is 18.2 Å². The Morgan fingerprint density at radius 3 is 2.55 bits per heavy atom. The van der Waals surface area contributed by atoms with Gasteiger partial charge in [-0.05, 0) is 64.3 Å². The molecule has 0 spiro atoms. The molecule has 31 heavy (non-hydrogen) atoms. The molecule has 2 aromatic rings. The number of nitrogen functional groups attached to an aromatic ring is 1. The van der Waals surface area contributed by atoms with Crippen LogP contribution in [-0.4, -0.2) is 17.8 Å². The van der Waals surface area contributed by atoms with Crippen molar-refractivity contribution in [3.8, 4) is 11.5 Å². The lowest BCUT2D eigenvalue weighted by Gasteiger charge is -2.17. The molecule has 0 radical (unpaired) electrons. The van der Waals surface area contributed by atoms with E-state index in [0.29, 0.717) is 24.7 Å². The Hall–Kier alpha value is -2.69. The molecule has 1 heterocycles. The molecule has 2 rings (SSSR count). The third-order valence-electron chi connectivity index (χ3n) is 5.33. The van der Waals surface area contributed by atoms with Crippen molar-refractivity contribution < 1.29 is 9.47 Å². The van der Waals surface area contributed by atoms with E-state index >= 15 is 0 Å². The zero-order valence-corrected chi connectivity index (χ0v) is 19.8. The van der Waals surface area contributed by atoms with E-state index in [1.165, 1.54) is 24.0 Å². The number of anilines is 1. The molecule has 1 aromatic carbocycles. The summed E-state index contributed by atoms with van der Waals surface area (Å²) in [5, 5.41) is 0.839. The molecule has 5 nitrogen and oxygen atoms in total. The van der Waals surface area contributed by atoms with Crippen LogP contribution in [0.2, 0.25) is 0 Å². The number of pyridine rings is 1. The van der Waals surface area contributed by atoms with Gasteiger partial charge in [0, 0.05) is 18.1 Å². The van der Waals surface area contributed by atoms with Crippen molar-refractivity contribution in [3.05, 3.63) is 51.9 Å². The summed E-state index contributed by atoms with van der Waals surface area (Å²) in [4.78, 5) is 13.1. The van der Waals surface area contributed by atoms with Crippen molar-refractivity contribution in [2.75, 3.05) is 18.9 Å². The quantitative estimate of drug-likeness (QED) is 0.251. The Balaban J connectivity index is 2.27. The van der Waals surface area contributed by atoms with Crippen LogP contribution in [0.5, 0.6) is 11.5 Å². The zero-order valence-electron chi connectivity index (χ0n) is 19.8. The second-order valence-electron chi connectivity index (χ2n) is 8.39. The van der Waals surface area contributed by atoms with Crippen LogP contribution in [0.1, 0.15) is 66.2 Å². The number of nitrogens with zero attached hydrogens (tertiary/aromatic N) is 1. The fraction of sp³-hybridized carbons (Fsp3) is 0.500. The Morgan fingerprint density at radius 2 is 1.84 bits per heavy atom. The summed E-state index contributed by atoms with van der Waals surface area (Å²) < 4.78 is 13.7. The van der Waals surface area contributed by atoms with Crippen LogP contribution < -0.4 is 20.8 Å². The summed E-state index contributed by atoms with van der Waals surface area (Å²) in [5.41, 5.74) is 9.67. The van der Waals surface area contributed by atoms with Gasteiger partial charge >= 0.3 is 0 Å². The van der Waals surface area contributed by atoms with Gasteiger partial charge in [0.05, 0.1) is 12.1 Å². The Bertz CT molecular complexity index is 982. The lowest BCUT2D eigenvalue weighted by atomic mass is 10.1. The van der Waals surface area contributed by atoms with Crippen LogP contribution in [0.25, 0.3) is 10.9 Å². The van der Waals surface area contributed by atoms with Crippen molar-refractivity contribution in [1.29, 1.82) is 0 Å². The van der Waals surface area contributed by atoms with Crippen LogP contribution in [0, 0.1) is 0 Å². The van der Waals surface area contributed by atoms with Crippen molar-refractivity contribution in [2.24, 2.45) is 7.05 Å². The van der Waals surface area contributed by atoms with Gasteiger partial charge in [0.2, 0.25) is 5.75 Å². The topological polar surface area (TPSA) is 66.5 Å². The maximum atomic E-state index is 13.1. The molecule has 0 bridgehead atoms. The molecule has 170 valence electrons. The van der Waals surface area contributed by atoms with Crippen LogP contribution in [0.4, 0.5) is 5.69 Å². The van der Waals surface area contributed by atoms with E-state index < -0.39 is 0 Å².